The lowest BCUT2D eigenvalue weighted by atomic mass is 10.1. The zero-order chi connectivity index (χ0) is 12.0. The van der Waals surface area contributed by atoms with Crippen LogP contribution in [-0.4, -0.2) is 14.1 Å². The summed E-state index contributed by atoms with van der Waals surface area (Å²) in [6, 6.07) is 10.2. The van der Waals surface area contributed by atoms with Crippen LogP contribution in [0.4, 0.5) is 5.69 Å². The Hall–Kier alpha value is -1.84. The maximum absolute atomic E-state index is 8.98. The summed E-state index contributed by atoms with van der Waals surface area (Å²) in [5, 5.41) is 17.4. The van der Waals surface area contributed by atoms with Crippen molar-refractivity contribution in [1.82, 2.24) is 4.48 Å². The number of aryl methyl sites for hydroxylation is 1. The molecule has 0 saturated heterocycles. The minimum absolute atomic E-state index is 0.221. The Bertz CT molecular complexity index is 418. The maximum Gasteiger partial charge on any atom is 0.313 e. The molecule has 0 radical (unpaired) electrons. The fraction of sp³-hybridized carbons (Fsp3) is 0.385. The van der Waals surface area contributed by atoms with E-state index in [1.54, 1.807) is 0 Å². The number of quaternary nitrogens is 1. The molecule has 1 aromatic rings. The molecule has 82 valence electrons. The van der Waals surface area contributed by atoms with Gasteiger partial charge in [0.05, 0.1) is 20.2 Å². The highest BCUT2D eigenvalue weighted by atomic mass is 15.3. The largest absolute Gasteiger partial charge is 0.313 e. The highest BCUT2D eigenvalue weighted by Gasteiger charge is 2.17. The minimum Gasteiger partial charge on any atom is -0.198 e. The third kappa shape index (κ3) is 3.08. The van der Waals surface area contributed by atoms with Crippen molar-refractivity contribution in [3.8, 4) is 12.3 Å². The Balaban J connectivity index is 2.70. The van der Waals surface area contributed by atoms with E-state index in [9.17, 15) is 0 Å². The average Bonchev–Trinajstić information content (AvgIpc) is 2.30. The monoisotopic (exact) mass is 214 g/mol. The summed E-state index contributed by atoms with van der Waals surface area (Å²) in [6.45, 7) is 0. The molecule has 1 rings (SSSR count). The molecule has 0 heterocycles. The van der Waals surface area contributed by atoms with E-state index in [-0.39, 0.29) is 4.48 Å². The fourth-order valence-corrected chi connectivity index (χ4v) is 1.46. The number of nitrogens with zero attached hydrogens (tertiary/aromatic N) is 3. The predicted octanol–water partition coefficient (Wildman–Crippen LogP) is 2.58. The Morgan fingerprint density at radius 3 is 2.25 bits per heavy atom. The smallest absolute Gasteiger partial charge is 0.198 e. The van der Waals surface area contributed by atoms with Gasteiger partial charge in [0.25, 0.3) is 0 Å². The van der Waals surface area contributed by atoms with E-state index in [4.69, 9.17) is 10.5 Å². The van der Waals surface area contributed by atoms with E-state index in [1.165, 1.54) is 5.56 Å². The Kier molecular flexibility index (Phi) is 4.05. The van der Waals surface area contributed by atoms with Crippen LogP contribution in [0.5, 0.6) is 0 Å². The molecule has 0 atom stereocenters. The first kappa shape index (κ1) is 12.2. The van der Waals surface area contributed by atoms with Gasteiger partial charge in [-0.15, -0.1) is 5.26 Å². The third-order valence-corrected chi connectivity index (χ3v) is 2.59. The van der Waals surface area contributed by atoms with Crippen LogP contribution in [-0.2, 0) is 6.42 Å². The summed E-state index contributed by atoms with van der Waals surface area (Å²) >= 11 is 0. The van der Waals surface area contributed by atoms with E-state index in [0.29, 0.717) is 6.42 Å². The molecule has 16 heavy (non-hydrogen) atoms. The molecule has 1 aromatic carbocycles. The van der Waals surface area contributed by atoms with Gasteiger partial charge in [-0.25, -0.2) is 0 Å². The molecule has 0 spiro atoms. The van der Waals surface area contributed by atoms with Crippen LogP contribution in [0, 0.1) is 22.8 Å². The summed E-state index contributed by atoms with van der Waals surface area (Å²) < 4.78 is 0.221. The Morgan fingerprint density at radius 2 is 1.75 bits per heavy atom. The minimum atomic E-state index is 0.221. The van der Waals surface area contributed by atoms with Crippen LogP contribution >= 0.6 is 0 Å². The summed E-state index contributed by atoms with van der Waals surface area (Å²) in [5.74, 6) is 0. The number of nitriles is 2. The van der Waals surface area contributed by atoms with E-state index >= 15 is 0 Å². The SMILES string of the molecule is C[N+](C)(C#N)c1ccc(CCCC#N)cc1. The topological polar surface area (TPSA) is 47.6 Å². The molecule has 0 bridgehead atoms. The van der Waals surface area contributed by atoms with Crippen molar-refractivity contribution in [3.05, 3.63) is 29.8 Å². The van der Waals surface area contributed by atoms with Gasteiger partial charge in [0.15, 0.2) is 0 Å². The van der Waals surface area contributed by atoms with Gasteiger partial charge in [0.1, 0.15) is 5.69 Å². The maximum atomic E-state index is 8.98. The van der Waals surface area contributed by atoms with Gasteiger partial charge in [-0.05, 0) is 18.4 Å². The molecule has 0 unspecified atom stereocenters. The van der Waals surface area contributed by atoms with Crippen molar-refractivity contribution >= 4 is 5.69 Å². The van der Waals surface area contributed by atoms with Crippen LogP contribution in [0.3, 0.4) is 0 Å². The first-order valence-electron chi connectivity index (χ1n) is 5.32. The van der Waals surface area contributed by atoms with Crippen molar-refractivity contribution in [2.45, 2.75) is 19.3 Å². The number of unbranched alkanes of at least 4 members (excludes halogenated alkanes) is 1. The lowest BCUT2D eigenvalue weighted by Gasteiger charge is -2.17. The molecular weight excluding hydrogens is 198 g/mol. The zero-order valence-electron chi connectivity index (χ0n) is 9.77. The predicted molar refractivity (Wildman–Crippen MR) is 64.2 cm³/mol. The van der Waals surface area contributed by atoms with Gasteiger partial charge < -0.3 is 0 Å². The van der Waals surface area contributed by atoms with E-state index in [2.05, 4.69) is 12.3 Å². The molecule has 0 N–H and O–H groups in total. The molecule has 3 heteroatoms. The average molecular weight is 214 g/mol. The van der Waals surface area contributed by atoms with Crippen LogP contribution in [0.2, 0.25) is 0 Å². The van der Waals surface area contributed by atoms with Gasteiger partial charge in [0.2, 0.25) is 0 Å². The second kappa shape index (κ2) is 5.30. The normalized spacial score (nSPS) is 10.5. The fourth-order valence-electron chi connectivity index (χ4n) is 1.46. The molecule has 0 aliphatic rings. The van der Waals surface area contributed by atoms with Crippen molar-refractivity contribution in [1.29, 1.82) is 10.5 Å². The van der Waals surface area contributed by atoms with E-state index in [1.807, 2.05) is 38.4 Å². The quantitative estimate of drug-likeness (QED) is 0.439. The van der Waals surface area contributed by atoms with Crippen molar-refractivity contribution < 1.29 is 0 Å². The van der Waals surface area contributed by atoms with Crippen LogP contribution in [0.25, 0.3) is 0 Å². The third-order valence-electron chi connectivity index (χ3n) is 2.59. The highest BCUT2D eigenvalue weighted by Crippen LogP contribution is 2.19. The van der Waals surface area contributed by atoms with Crippen LogP contribution in [0.1, 0.15) is 18.4 Å². The molecule has 3 nitrogen and oxygen atoms in total. The lowest BCUT2D eigenvalue weighted by Crippen LogP contribution is -2.33. The standard InChI is InChI=1S/C13H16N3/c1-16(2,11-15)13-8-6-12(7-9-13)5-3-4-10-14/h6-9H,3-5H2,1-2H3/q+1. The van der Waals surface area contributed by atoms with Gasteiger partial charge in [-0.2, -0.15) is 9.74 Å². The number of hydrogen-bond acceptors (Lipinski definition) is 2. The molecule has 0 fully saturated rings. The Morgan fingerprint density at radius 1 is 1.12 bits per heavy atom. The second-order valence-electron chi connectivity index (χ2n) is 4.23. The molecule has 0 aliphatic heterocycles. The summed E-state index contributed by atoms with van der Waals surface area (Å²) in [5.41, 5.74) is 2.20. The first-order chi connectivity index (χ1) is 7.60. The van der Waals surface area contributed by atoms with Gasteiger partial charge in [-0.3, -0.25) is 0 Å². The molecular formula is C13H16N3+. The van der Waals surface area contributed by atoms with Gasteiger partial charge >= 0.3 is 6.19 Å². The number of benzene rings is 1. The molecule has 0 amide bonds. The number of rotatable bonds is 4. The van der Waals surface area contributed by atoms with E-state index < -0.39 is 0 Å². The molecule has 0 saturated carbocycles. The highest BCUT2D eigenvalue weighted by molar-refractivity contribution is 5.46. The zero-order valence-corrected chi connectivity index (χ0v) is 9.77. The van der Waals surface area contributed by atoms with Crippen molar-refractivity contribution in [2.24, 2.45) is 0 Å². The Labute approximate surface area is 96.7 Å². The van der Waals surface area contributed by atoms with Gasteiger partial charge in [0, 0.05) is 18.6 Å². The first-order valence-corrected chi connectivity index (χ1v) is 5.32. The summed E-state index contributed by atoms with van der Waals surface area (Å²) in [6.07, 6.45) is 4.64. The second-order valence-corrected chi connectivity index (χ2v) is 4.23. The summed E-state index contributed by atoms with van der Waals surface area (Å²) in [7, 11) is 3.70. The van der Waals surface area contributed by atoms with Crippen molar-refractivity contribution in [3.63, 3.8) is 0 Å². The van der Waals surface area contributed by atoms with Crippen molar-refractivity contribution in [2.75, 3.05) is 14.1 Å². The number of hydrogen-bond donors (Lipinski definition) is 0. The van der Waals surface area contributed by atoms with Crippen LogP contribution in [0.15, 0.2) is 24.3 Å². The van der Waals surface area contributed by atoms with Gasteiger partial charge in [-0.1, -0.05) is 12.1 Å². The summed E-state index contributed by atoms with van der Waals surface area (Å²) in [4.78, 5) is 0. The van der Waals surface area contributed by atoms with Crippen LogP contribution < -0.4 is 4.48 Å². The molecule has 0 aliphatic carbocycles. The van der Waals surface area contributed by atoms with E-state index in [0.717, 1.165) is 18.5 Å². The lowest BCUT2D eigenvalue weighted by molar-refractivity contribution is 0.559. The molecule has 0 aromatic heterocycles.